The molecule has 1 aromatic rings. The van der Waals surface area contributed by atoms with E-state index in [1.807, 2.05) is 0 Å². The van der Waals surface area contributed by atoms with Crippen molar-refractivity contribution >= 4 is 23.2 Å². The van der Waals surface area contributed by atoms with Gasteiger partial charge in [-0.05, 0) is 24.6 Å². The van der Waals surface area contributed by atoms with Gasteiger partial charge in [-0.3, -0.25) is 9.59 Å². The Bertz CT molecular complexity index is 994. The van der Waals surface area contributed by atoms with Crippen molar-refractivity contribution in [3.63, 3.8) is 0 Å². The van der Waals surface area contributed by atoms with Gasteiger partial charge >= 0.3 is 0 Å². The molecule has 8 N–H and O–H groups in total. The number of nitrogens with zero attached hydrogens (tertiary/aromatic N) is 2. The maximum atomic E-state index is 13.1. The number of rotatable bonds is 4. The second-order valence-electron chi connectivity index (χ2n) is 9.25. The number of aliphatic hydroxyl groups is 8. The van der Waals surface area contributed by atoms with Crippen LogP contribution in [0.15, 0.2) is 18.2 Å². The molecule has 0 bridgehead atoms. The summed E-state index contributed by atoms with van der Waals surface area (Å²) in [6, 6.07) is 4.78. The van der Waals surface area contributed by atoms with Gasteiger partial charge < -0.3 is 60.1 Å². The number of benzene rings is 1. The highest BCUT2D eigenvalue weighted by Crippen LogP contribution is 2.36. The fraction of sp³-hybridized carbons (Fsp3) is 0.636. The van der Waals surface area contributed by atoms with Gasteiger partial charge in [0.1, 0.15) is 55.3 Å². The lowest BCUT2D eigenvalue weighted by Gasteiger charge is -2.41. The Labute approximate surface area is 205 Å². The highest BCUT2D eigenvalue weighted by Gasteiger charge is 2.47. The number of aliphatic hydroxyl groups excluding tert-OH is 8. The second kappa shape index (κ2) is 10.3. The first-order chi connectivity index (χ1) is 16.9. The molecular formula is C22H30N2O12. The number of fused-ring (bicyclic) bond motifs is 1. The molecule has 14 nitrogen and oxygen atoms in total. The molecule has 2 saturated heterocycles. The van der Waals surface area contributed by atoms with Crippen LogP contribution in [0.3, 0.4) is 0 Å². The smallest absolute Gasteiger partial charge is 0.236 e. The first-order valence-corrected chi connectivity index (χ1v) is 11.4. The summed E-state index contributed by atoms with van der Waals surface area (Å²) in [7, 11) is 0. The van der Waals surface area contributed by atoms with Gasteiger partial charge in [0.25, 0.3) is 0 Å². The largest absolute Gasteiger partial charge is 0.388 e. The van der Waals surface area contributed by atoms with Gasteiger partial charge in [0.15, 0.2) is 12.6 Å². The highest BCUT2D eigenvalue weighted by atomic mass is 16.6. The van der Waals surface area contributed by atoms with Crippen LogP contribution >= 0.6 is 0 Å². The van der Waals surface area contributed by atoms with Crippen molar-refractivity contribution in [3.05, 3.63) is 23.8 Å². The molecule has 1 aromatic carbocycles. The summed E-state index contributed by atoms with van der Waals surface area (Å²) in [6.07, 6.45) is -17.2. The number of anilines is 2. The van der Waals surface area contributed by atoms with Gasteiger partial charge in [-0.25, -0.2) is 0 Å². The van der Waals surface area contributed by atoms with Crippen LogP contribution in [0.25, 0.3) is 0 Å². The van der Waals surface area contributed by atoms with Crippen LogP contribution in [-0.2, 0) is 19.1 Å². The van der Waals surface area contributed by atoms with Crippen molar-refractivity contribution in [1.29, 1.82) is 0 Å². The highest BCUT2D eigenvalue weighted by molar-refractivity contribution is 6.15. The molecule has 3 aliphatic heterocycles. The molecule has 0 aromatic heterocycles. The minimum absolute atomic E-state index is 0.203. The molecule has 0 radical (unpaired) electrons. The monoisotopic (exact) mass is 514 g/mol. The first-order valence-electron chi connectivity index (χ1n) is 11.4. The van der Waals surface area contributed by atoms with Crippen molar-refractivity contribution in [1.82, 2.24) is 0 Å². The molecule has 3 aliphatic rings. The maximum absolute atomic E-state index is 13.1. The molecule has 3 heterocycles. The van der Waals surface area contributed by atoms with E-state index in [1.54, 1.807) is 19.1 Å². The third kappa shape index (κ3) is 4.84. The summed E-state index contributed by atoms with van der Waals surface area (Å²) >= 11 is 0. The zero-order chi connectivity index (χ0) is 26.5. The lowest BCUT2D eigenvalue weighted by Crippen LogP contribution is -2.60. The Morgan fingerprint density at radius 2 is 1.14 bits per heavy atom. The topological polar surface area (TPSA) is 221 Å². The zero-order valence-electron chi connectivity index (χ0n) is 19.2. The molecule has 0 spiro atoms. The van der Waals surface area contributed by atoms with E-state index in [9.17, 15) is 50.4 Å². The standard InChI is InChI=1S/C22H30N2O12/c1-8-2-3-9-10(4-8)24(7-12-16(28)18(30)20(32)22(34)36-12)14(26)5-13(25)23(9)6-11-15(27)17(29)19(31)21(33)35-11/h2-4,11-12,15-22,27-34H,5-7H2,1H3/t11-,12-,15-,16-,17+,18+,19-,20-,21?,22?/m1/s1. The number of carbonyl (C=O) groups excluding carboxylic acids is 2. The third-order valence-corrected chi connectivity index (χ3v) is 6.72. The Balaban J connectivity index is 1.66. The Morgan fingerprint density at radius 3 is 1.61 bits per heavy atom. The third-order valence-electron chi connectivity index (χ3n) is 6.72. The van der Waals surface area contributed by atoms with E-state index in [0.29, 0.717) is 5.56 Å². The Hall–Kier alpha value is -2.24. The van der Waals surface area contributed by atoms with Gasteiger partial charge in [-0.1, -0.05) is 6.07 Å². The maximum Gasteiger partial charge on any atom is 0.236 e. The number of carbonyl (C=O) groups is 2. The average molecular weight is 514 g/mol. The molecule has 0 saturated carbocycles. The number of hydrogen-bond donors (Lipinski definition) is 8. The summed E-state index contributed by atoms with van der Waals surface area (Å²) < 4.78 is 10.4. The van der Waals surface area contributed by atoms with Crippen molar-refractivity contribution in [3.8, 4) is 0 Å². The van der Waals surface area contributed by atoms with Crippen LogP contribution < -0.4 is 9.80 Å². The van der Waals surface area contributed by atoms with Crippen LogP contribution in [0.5, 0.6) is 0 Å². The normalized spacial score (nSPS) is 39.7. The van der Waals surface area contributed by atoms with E-state index >= 15 is 0 Å². The minimum Gasteiger partial charge on any atom is -0.388 e. The average Bonchev–Trinajstić information content (AvgIpc) is 2.92. The van der Waals surface area contributed by atoms with Crippen molar-refractivity contribution in [2.45, 2.75) is 74.8 Å². The van der Waals surface area contributed by atoms with Crippen LogP contribution in [0.2, 0.25) is 0 Å². The predicted molar refractivity (Wildman–Crippen MR) is 118 cm³/mol. The number of aryl methyl sites for hydroxylation is 1. The van der Waals surface area contributed by atoms with Crippen LogP contribution in [0.4, 0.5) is 11.4 Å². The molecule has 36 heavy (non-hydrogen) atoms. The van der Waals surface area contributed by atoms with Gasteiger partial charge in [-0.2, -0.15) is 0 Å². The number of hydrogen-bond acceptors (Lipinski definition) is 12. The molecule has 14 heteroatoms. The zero-order valence-corrected chi connectivity index (χ0v) is 19.2. The molecule has 2 fully saturated rings. The lowest BCUT2D eigenvalue weighted by molar-refractivity contribution is -0.279. The quantitative estimate of drug-likeness (QED) is 0.179. The number of ether oxygens (including phenoxy) is 2. The minimum atomic E-state index is -1.82. The second-order valence-corrected chi connectivity index (χ2v) is 9.25. The van der Waals surface area contributed by atoms with E-state index in [2.05, 4.69) is 0 Å². The summed E-state index contributed by atoms with van der Waals surface area (Å²) in [6.45, 7) is 0.965. The van der Waals surface area contributed by atoms with Gasteiger partial charge in [-0.15, -0.1) is 0 Å². The van der Waals surface area contributed by atoms with E-state index in [0.717, 1.165) is 9.80 Å². The Kier molecular flexibility index (Phi) is 7.64. The first kappa shape index (κ1) is 26.8. The van der Waals surface area contributed by atoms with E-state index in [1.165, 1.54) is 6.07 Å². The predicted octanol–water partition coefficient (Wildman–Crippen LogP) is -4.34. The molecular weight excluding hydrogens is 484 g/mol. The van der Waals surface area contributed by atoms with Crippen LogP contribution in [0.1, 0.15) is 12.0 Å². The summed E-state index contributed by atoms with van der Waals surface area (Å²) in [5, 5.41) is 80.0. The van der Waals surface area contributed by atoms with Crippen LogP contribution in [0, 0.1) is 6.92 Å². The van der Waals surface area contributed by atoms with Gasteiger partial charge in [0, 0.05) is 0 Å². The fourth-order valence-corrected chi connectivity index (χ4v) is 4.59. The molecule has 0 aliphatic carbocycles. The summed E-state index contributed by atoms with van der Waals surface area (Å²) in [4.78, 5) is 28.5. The number of amides is 2. The summed E-state index contributed by atoms with van der Waals surface area (Å²) in [5.41, 5.74) is 1.11. The van der Waals surface area contributed by atoms with E-state index in [4.69, 9.17) is 9.47 Å². The summed E-state index contributed by atoms with van der Waals surface area (Å²) in [5.74, 6) is -1.39. The van der Waals surface area contributed by atoms with Gasteiger partial charge in [0.2, 0.25) is 11.8 Å². The Morgan fingerprint density at radius 1 is 0.694 bits per heavy atom. The molecule has 10 atom stereocenters. The SMILES string of the molecule is Cc1ccc2c(c1)N(C[C@H]1OC(O)[C@H](O)[C@@H](O)[C@@H]1O)C(=O)CC(=O)N2C[C@H]1OC(O)[C@H](O)[C@@H](O)[C@@H]1O. The molecule has 2 amide bonds. The van der Waals surface area contributed by atoms with E-state index in [-0.39, 0.29) is 24.5 Å². The van der Waals surface area contributed by atoms with Gasteiger partial charge in [0.05, 0.1) is 24.5 Å². The molecule has 2 unspecified atom stereocenters. The van der Waals surface area contributed by atoms with E-state index < -0.39 is 79.6 Å². The van der Waals surface area contributed by atoms with Crippen molar-refractivity contribution in [2.75, 3.05) is 22.9 Å². The molecule has 4 rings (SSSR count). The molecule has 200 valence electrons. The van der Waals surface area contributed by atoms with Crippen molar-refractivity contribution < 1.29 is 59.9 Å². The van der Waals surface area contributed by atoms with Crippen molar-refractivity contribution in [2.24, 2.45) is 0 Å². The lowest BCUT2D eigenvalue weighted by atomic mass is 9.98. The fourth-order valence-electron chi connectivity index (χ4n) is 4.59. The van der Waals surface area contributed by atoms with Crippen LogP contribution in [-0.4, -0.2) is 127 Å².